The fraction of sp³-hybridized carbons (Fsp3) is 0.867. The molecule has 3 atom stereocenters. The number of hydrogen-bond donors (Lipinski definition) is 2. The third-order valence-corrected chi connectivity index (χ3v) is 3.84. The van der Waals surface area contributed by atoms with Crippen LogP contribution in [0.2, 0.25) is 0 Å². The lowest BCUT2D eigenvalue weighted by Crippen LogP contribution is -2.44. The monoisotopic (exact) mass is 284 g/mol. The van der Waals surface area contributed by atoms with E-state index in [1.807, 2.05) is 14.1 Å². The first kappa shape index (κ1) is 17.0. The Morgan fingerprint density at radius 2 is 1.85 bits per heavy atom. The third-order valence-electron chi connectivity index (χ3n) is 3.84. The van der Waals surface area contributed by atoms with Gasteiger partial charge in [0, 0.05) is 18.5 Å². The van der Waals surface area contributed by atoms with Gasteiger partial charge in [-0.15, -0.1) is 0 Å². The molecule has 1 rings (SSSR count). The molecule has 0 heterocycles. The first-order valence-electron chi connectivity index (χ1n) is 7.47. The molecule has 0 aliphatic heterocycles. The van der Waals surface area contributed by atoms with E-state index >= 15 is 0 Å². The van der Waals surface area contributed by atoms with Gasteiger partial charge in [-0.05, 0) is 45.7 Å². The molecule has 1 amide bonds. The summed E-state index contributed by atoms with van der Waals surface area (Å²) in [6.45, 7) is 5.11. The smallest absolute Gasteiger partial charge is 0.306 e. The molecule has 1 saturated carbocycles. The molecular formula is C15H28N2O3. The topological polar surface area (TPSA) is 69.6 Å². The van der Waals surface area contributed by atoms with Crippen molar-refractivity contribution in [2.24, 2.45) is 17.8 Å². The van der Waals surface area contributed by atoms with Crippen molar-refractivity contribution in [3.05, 3.63) is 0 Å². The number of aliphatic carboxylic acids is 1. The van der Waals surface area contributed by atoms with Crippen LogP contribution < -0.4 is 5.32 Å². The Hall–Kier alpha value is -1.10. The quantitative estimate of drug-likeness (QED) is 0.744. The van der Waals surface area contributed by atoms with Crippen LogP contribution in [0.4, 0.5) is 0 Å². The predicted molar refractivity (Wildman–Crippen MR) is 78.4 cm³/mol. The molecule has 0 aromatic carbocycles. The van der Waals surface area contributed by atoms with E-state index < -0.39 is 5.97 Å². The number of carboxylic acid groups (broad SMARTS) is 1. The van der Waals surface area contributed by atoms with Crippen LogP contribution in [0.3, 0.4) is 0 Å². The van der Waals surface area contributed by atoms with Crippen LogP contribution in [0.5, 0.6) is 0 Å². The zero-order valence-electron chi connectivity index (χ0n) is 13.1. The summed E-state index contributed by atoms with van der Waals surface area (Å²) in [5.74, 6) is -0.694. The normalized spacial score (nSPS) is 24.1. The van der Waals surface area contributed by atoms with Gasteiger partial charge in [0.25, 0.3) is 0 Å². The summed E-state index contributed by atoms with van der Waals surface area (Å²) in [6, 6.07) is 0.140. The molecular weight excluding hydrogens is 256 g/mol. The van der Waals surface area contributed by atoms with E-state index in [0.29, 0.717) is 25.2 Å². The van der Waals surface area contributed by atoms with E-state index in [2.05, 4.69) is 24.1 Å². The maximum atomic E-state index is 12.3. The van der Waals surface area contributed by atoms with Gasteiger partial charge in [0.05, 0.1) is 5.92 Å². The second kappa shape index (κ2) is 7.62. The van der Waals surface area contributed by atoms with Gasteiger partial charge < -0.3 is 15.3 Å². The summed E-state index contributed by atoms with van der Waals surface area (Å²) >= 11 is 0. The van der Waals surface area contributed by atoms with Gasteiger partial charge in [0.2, 0.25) is 5.91 Å². The van der Waals surface area contributed by atoms with Crippen molar-refractivity contribution in [2.45, 2.75) is 45.6 Å². The highest BCUT2D eigenvalue weighted by Crippen LogP contribution is 2.31. The maximum absolute atomic E-state index is 12.3. The van der Waals surface area contributed by atoms with Crippen LogP contribution in [0.25, 0.3) is 0 Å². The van der Waals surface area contributed by atoms with E-state index in [1.165, 1.54) is 0 Å². The van der Waals surface area contributed by atoms with Gasteiger partial charge in [0.15, 0.2) is 0 Å². The largest absolute Gasteiger partial charge is 0.481 e. The van der Waals surface area contributed by atoms with Crippen LogP contribution >= 0.6 is 0 Å². The second-order valence-corrected chi connectivity index (χ2v) is 6.64. The van der Waals surface area contributed by atoms with Gasteiger partial charge in [-0.25, -0.2) is 0 Å². The van der Waals surface area contributed by atoms with E-state index in [1.54, 1.807) is 0 Å². The molecule has 5 nitrogen and oxygen atoms in total. The number of rotatable bonds is 7. The number of carbonyl (C=O) groups excluding carboxylic acids is 1. The summed E-state index contributed by atoms with van der Waals surface area (Å²) in [6.07, 6.45) is 2.74. The minimum Gasteiger partial charge on any atom is -0.481 e. The van der Waals surface area contributed by atoms with Crippen LogP contribution in [0.15, 0.2) is 0 Å². The molecule has 0 saturated heterocycles. The highest BCUT2D eigenvalue weighted by molar-refractivity contribution is 5.81. The third kappa shape index (κ3) is 5.49. The van der Waals surface area contributed by atoms with Crippen molar-refractivity contribution < 1.29 is 14.7 Å². The molecule has 1 unspecified atom stereocenters. The summed E-state index contributed by atoms with van der Waals surface area (Å²) in [4.78, 5) is 25.3. The molecule has 1 aliphatic rings. The van der Waals surface area contributed by atoms with Crippen LogP contribution in [-0.2, 0) is 9.59 Å². The Labute approximate surface area is 121 Å². The molecule has 0 aromatic heterocycles. The first-order chi connectivity index (χ1) is 9.29. The van der Waals surface area contributed by atoms with E-state index in [9.17, 15) is 9.59 Å². The Morgan fingerprint density at radius 1 is 1.25 bits per heavy atom. The number of nitrogens with one attached hydrogen (secondary N) is 1. The molecule has 0 aromatic rings. The fourth-order valence-electron chi connectivity index (χ4n) is 2.95. The van der Waals surface area contributed by atoms with Crippen molar-refractivity contribution in [1.29, 1.82) is 0 Å². The highest BCUT2D eigenvalue weighted by Gasteiger charge is 2.34. The predicted octanol–water partition coefficient (Wildman–Crippen LogP) is 1.58. The number of nitrogens with zero attached hydrogens (tertiary/aromatic N) is 1. The number of carbonyl (C=O) groups is 2. The van der Waals surface area contributed by atoms with Crippen molar-refractivity contribution >= 4 is 11.9 Å². The second-order valence-electron chi connectivity index (χ2n) is 6.64. The van der Waals surface area contributed by atoms with Crippen LogP contribution in [0, 0.1) is 17.8 Å². The van der Waals surface area contributed by atoms with Gasteiger partial charge in [-0.2, -0.15) is 0 Å². The molecule has 0 radical (unpaired) electrons. The Morgan fingerprint density at radius 3 is 2.30 bits per heavy atom. The zero-order chi connectivity index (χ0) is 15.3. The van der Waals surface area contributed by atoms with Crippen LogP contribution in [-0.4, -0.2) is 48.6 Å². The molecule has 5 heteroatoms. The lowest BCUT2D eigenvalue weighted by molar-refractivity contribution is -0.141. The SMILES string of the molecule is CC(C)CC(CN(C)C)NC(=O)[C@@H]1CC[C@H](C(=O)O)C1. The Kier molecular flexibility index (Phi) is 6.46. The van der Waals surface area contributed by atoms with E-state index in [4.69, 9.17) is 5.11 Å². The lowest BCUT2D eigenvalue weighted by atomic mass is 10.0. The summed E-state index contributed by atoms with van der Waals surface area (Å²) in [5.41, 5.74) is 0. The molecule has 0 bridgehead atoms. The minimum absolute atomic E-state index is 0.0289. The van der Waals surface area contributed by atoms with Crippen molar-refractivity contribution in [3.63, 3.8) is 0 Å². The number of likely N-dealkylation sites (N-methyl/N-ethyl adjacent to an activating group) is 1. The molecule has 1 fully saturated rings. The van der Waals surface area contributed by atoms with Gasteiger partial charge in [-0.3, -0.25) is 9.59 Å². The van der Waals surface area contributed by atoms with E-state index in [0.717, 1.165) is 13.0 Å². The van der Waals surface area contributed by atoms with Crippen molar-refractivity contribution in [1.82, 2.24) is 10.2 Å². The molecule has 1 aliphatic carbocycles. The summed E-state index contributed by atoms with van der Waals surface area (Å²) in [7, 11) is 3.99. The van der Waals surface area contributed by atoms with Gasteiger partial charge >= 0.3 is 5.97 Å². The average Bonchev–Trinajstić information content (AvgIpc) is 2.75. The Bertz CT molecular complexity index is 332. The minimum atomic E-state index is -0.771. The number of hydrogen-bond acceptors (Lipinski definition) is 3. The zero-order valence-corrected chi connectivity index (χ0v) is 13.1. The van der Waals surface area contributed by atoms with Gasteiger partial charge in [-0.1, -0.05) is 13.8 Å². The number of amides is 1. The average molecular weight is 284 g/mol. The van der Waals surface area contributed by atoms with Crippen LogP contribution in [0.1, 0.15) is 39.5 Å². The summed E-state index contributed by atoms with van der Waals surface area (Å²) in [5, 5.41) is 12.1. The summed E-state index contributed by atoms with van der Waals surface area (Å²) < 4.78 is 0. The lowest BCUT2D eigenvalue weighted by Gasteiger charge is -2.25. The van der Waals surface area contributed by atoms with E-state index in [-0.39, 0.29) is 23.8 Å². The van der Waals surface area contributed by atoms with Crippen molar-refractivity contribution in [3.8, 4) is 0 Å². The highest BCUT2D eigenvalue weighted by atomic mass is 16.4. The molecule has 116 valence electrons. The maximum Gasteiger partial charge on any atom is 0.306 e. The molecule has 20 heavy (non-hydrogen) atoms. The Balaban J connectivity index is 2.51. The van der Waals surface area contributed by atoms with Gasteiger partial charge in [0.1, 0.15) is 0 Å². The first-order valence-corrected chi connectivity index (χ1v) is 7.47. The standard InChI is InChI=1S/C15H28N2O3/c1-10(2)7-13(9-17(3)4)16-14(18)11-5-6-12(8-11)15(19)20/h10-13H,5-9H2,1-4H3,(H,16,18)(H,19,20)/t11-,12+,13?/m1/s1. The van der Waals surface area contributed by atoms with Crippen molar-refractivity contribution in [2.75, 3.05) is 20.6 Å². The fourth-order valence-corrected chi connectivity index (χ4v) is 2.95. The molecule has 0 spiro atoms. The molecule has 2 N–H and O–H groups in total. The number of carboxylic acids is 1.